The van der Waals surface area contributed by atoms with Crippen molar-refractivity contribution in [1.29, 1.82) is 0 Å². The summed E-state index contributed by atoms with van der Waals surface area (Å²) in [6.07, 6.45) is 0. The Balaban J connectivity index is 2.47. The van der Waals surface area contributed by atoms with E-state index in [2.05, 4.69) is 0 Å². The number of benzene rings is 2. The van der Waals surface area contributed by atoms with Gasteiger partial charge in [0.1, 0.15) is 0 Å². The summed E-state index contributed by atoms with van der Waals surface area (Å²) in [6.45, 7) is 0. The smallest absolute Gasteiger partial charge is 0.338 e. The number of nitrogens with zero attached hydrogens (tertiary/aromatic N) is 1. The van der Waals surface area contributed by atoms with Gasteiger partial charge in [-0.05, 0) is 12.1 Å². The van der Waals surface area contributed by atoms with Gasteiger partial charge in [0.05, 0.1) is 11.3 Å². The minimum atomic E-state index is -0.947. The molecule has 0 aliphatic carbocycles. The molecule has 100 valence electrons. The summed E-state index contributed by atoms with van der Waals surface area (Å²) < 4.78 is 1.88. The van der Waals surface area contributed by atoms with E-state index >= 15 is 0 Å². The molecule has 3 nitrogen and oxygen atoms in total. The Labute approximate surface area is 121 Å². The number of aromatic nitrogens is 1. The highest BCUT2D eigenvalue weighted by Crippen LogP contribution is 2.36. The molecule has 1 N–H and O–H groups in total. The molecule has 0 spiro atoms. The van der Waals surface area contributed by atoms with Gasteiger partial charge >= 0.3 is 5.97 Å². The first kappa shape index (κ1) is 12.8. The first-order valence-corrected chi connectivity index (χ1v) is 6.54. The van der Waals surface area contributed by atoms with Crippen molar-refractivity contribution in [2.45, 2.75) is 0 Å². The van der Waals surface area contributed by atoms with Crippen molar-refractivity contribution in [3.8, 4) is 11.3 Å². The highest BCUT2D eigenvalue weighted by molar-refractivity contribution is 6.33. The van der Waals surface area contributed by atoms with Crippen molar-refractivity contribution >= 4 is 28.5 Å². The van der Waals surface area contributed by atoms with Crippen LogP contribution in [0.2, 0.25) is 5.02 Å². The molecule has 0 saturated carbocycles. The Morgan fingerprint density at radius 3 is 2.45 bits per heavy atom. The maximum absolute atomic E-state index is 11.7. The van der Waals surface area contributed by atoms with Crippen LogP contribution in [0.15, 0.2) is 48.5 Å². The topological polar surface area (TPSA) is 42.2 Å². The predicted octanol–water partition coefficient (Wildman–Crippen LogP) is 4.20. The van der Waals surface area contributed by atoms with Crippen LogP contribution in [0.4, 0.5) is 0 Å². The molecule has 3 rings (SSSR count). The number of carboxylic acids is 1. The molecule has 0 bridgehead atoms. The molecular formula is C16H12ClNO2. The average molecular weight is 286 g/mol. The lowest BCUT2D eigenvalue weighted by atomic mass is 10.1. The number of hydrogen-bond acceptors (Lipinski definition) is 1. The number of carboxylic acid groups (broad SMARTS) is 1. The maximum atomic E-state index is 11.7. The van der Waals surface area contributed by atoms with Crippen LogP contribution in [0.1, 0.15) is 10.4 Å². The van der Waals surface area contributed by atoms with Gasteiger partial charge in [-0.25, -0.2) is 4.79 Å². The Bertz CT molecular complexity index is 820. The number of halogens is 1. The molecule has 0 radical (unpaired) electrons. The van der Waals surface area contributed by atoms with E-state index in [1.165, 1.54) is 0 Å². The molecule has 0 aliphatic heterocycles. The van der Waals surface area contributed by atoms with Crippen LogP contribution < -0.4 is 0 Å². The third-order valence-electron chi connectivity index (χ3n) is 3.45. The second kappa shape index (κ2) is 4.69. The lowest BCUT2D eigenvalue weighted by Gasteiger charge is -2.08. The first-order chi connectivity index (χ1) is 9.61. The Morgan fingerprint density at radius 1 is 1.10 bits per heavy atom. The van der Waals surface area contributed by atoms with Crippen molar-refractivity contribution in [2.24, 2.45) is 7.05 Å². The second-order valence-corrected chi connectivity index (χ2v) is 4.99. The number of para-hydroxylation sites is 1. The van der Waals surface area contributed by atoms with Crippen molar-refractivity contribution < 1.29 is 9.90 Å². The standard InChI is InChI=1S/C16H12ClNO2/c1-18-13-9-5-3-7-11(13)14(16(19)20)15(18)10-6-2-4-8-12(10)17/h2-9H,1H3,(H,19,20). The zero-order valence-corrected chi connectivity index (χ0v) is 11.6. The number of carbonyl (C=O) groups is 1. The van der Waals surface area contributed by atoms with Crippen LogP contribution in [0.3, 0.4) is 0 Å². The molecule has 2 aromatic carbocycles. The van der Waals surface area contributed by atoms with Crippen molar-refractivity contribution in [3.05, 3.63) is 59.1 Å². The molecule has 0 amide bonds. The Kier molecular flexibility index (Phi) is 2.99. The third kappa shape index (κ3) is 1.79. The minimum Gasteiger partial charge on any atom is -0.478 e. The molecule has 4 heteroatoms. The SMILES string of the molecule is Cn1c(-c2ccccc2Cl)c(C(=O)O)c2ccccc21. The van der Waals surface area contributed by atoms with Gasteiger partial charge in [0.15, 0.2) is 0 Å². The second-order valence-electron chi connectivity index (χ2n) is 4.58. The molecule has 3 aromatic rings. The molecule has 0 atom stereocenters. The fourth-order valence-electron chi connectivity index (χ4n) is 2.58. The molecule has 0 fully saturated rings. The third-order valence-corrected chi connectivity index (χ3v) is 3.78. The summed E-state index contributed by atoms with van der Waals surface area (Å²) in [5.41, 5.74) is 2.52. The zero-order valence-electron chi connectivity index (χ0n) is 10.8. The lowest BCUT2D eigenvalue weighted by Crippen LogP contribution is -2.00. The largest absolute Gasteiger partial charge is 0.478 e. The van der Waals surface area contributed by atoms with Gasteiger partial charge in [-0.2, -0.15) is 0 Å². The van der Waals surface area contributed by atoms with E-state index in [0.717, 1.165) is 16.5 Å². The van der Waals surface area contributed by atoms with Crippen LogP contribution in [-0.2, 0) is 7.05 Å². The molecular weight excluding hydrogens is 274 g/mol. The van der Waals surface area contributed by atoms with Crippen molar-refractivity contribution in [2.75, 3.05) is 0 Å². The van der Waals surface area contributed by atoms with Gasteiger partial charge in [-0.3, -0.25) is 0 Å². The first-order valence-electron chi connectivity index (χ1n) is 6.17. The van der Waals surface area contributed by atoms with E-state index in [4.69, 9.17) is 11.6 Å². The van der Waals surface area contributed by atoms with E-state index in [9.17, 15) is 9.90 Å². The van der Waals surface area contributed by atoms with Crippen LogP contribution in [0.25, 0.3) is 22.2 Å². The Morgan fingerprint density at radius 2 is 1.75 bits per heavy atom. The van der Waals surface area contributed by atoms with E-state index in [1.54, 1.807) is 6.07 Å². The van der Waals surface area contributed by atoms with Gasteiger partial charge in [0.2, 0.25) is 0 Å². The number of rotatable bonds is 2. The van der Waals surface area contributed by atoms with Crippen molar-refractivity contribution in [3.63, 3.8) is 0 Å². The van der Waals surface area contributed by atoms with Gasteiger partial charge in [0.25, 0.3) is 0 Å². The predicted molar refractivity (Wildman–Crippen MR) is 80.3 cm³/mol. The molecule has 20 heavy (non-hydrogen) atoms. The fraction of sp³-hybridized carbons (Fsp3) is 0.0625. The van der Waals surface area contributed by atoms with Crippen LogP contribution >= 0.6 is 11.6 Å². The summed E-state index contributed by atoms with van der Waals surface area (Å²) >= 11 is 6.23. The quantitative estimate of drug-likeness (QED) is 0.767. The lowest BCUT2D eigenvalue weighted by molar-refractivity contribution is 0.0699. The monoisotopic (exact) mass is 285 g/mol. The van der Waals surface area contributed by atoms with Gasteiger partial charge in [-0.1, -0.05) is 48.0 Å². The summed E-state index contributed by atoms with van der Waals surface area (Å²) in [4.78, 5) is 11.7. The van der Waals surface area contributed by atoms with Crippen molar-refractivity contribution in [1.82, 2.24) is 4.57 Å². The molecule has 0 aliphatic rings. The number of hydrogen-bond donors (Lipinski definition) is 1. The number of aryl methyl sites for hydroxylation is 1. The van der Waals surface area contributed by atoms with E-state index < -0.39 is 5.97 Å². The van der Waals surface area contributed by atoms with Crippen LogP contribution in [0.5, 0.6) is 0 Å². The molecule has 0 saturated heterocycles. The molecule has 0 unspecified atom stereocenters. The number of fused-ring (bicyclic) bond motifs is 1. The van der Waals surface area contributed by atoms with Gasteiger partial charge in [0, 0.05) is 28.5 Å². The summed E-state index contributed by atoms with van der Waals surface area (Å²) in [7, 11) is 1.85. The van der Waals surface area contributed by atoms with E-state index in [-0.39, 0.29) is 5.56 Å². The maximum Gasteiger partial charge on any atom is 0.338 e. The highest BCUT2D eigenvalue weighted by atomic mass is 35.5. The summed E-state index contributed by atoms with van der Waals surface area (Å²) in [6, 6.07) is 14.7. The highest BCUT2D eigenvalue weighted by Gasteiger charge is 2.22. The normalized spacial score (nSPS) is 10.9. The Hall–Kier alpha value is -2.26. The van der Waals surface area contributed by atoms with Gasteiger partial charge in [-0.15, -0.1) is 0 Å². The zero-order chi connectivity index (χ0) is 14.3. The molecule has 1 aromatic heterocycles. The fourth-order valence-corrected chi connectivity index (χ4v) is 2.80. The number of aromatic carboxylic acids is 1. The summed E-state index contributed by atoms with van der Waals surface area (Å²) in [5, 5.41) is 10.8. The minimum absolute atomic E-state index is 0.288. The van der Waals surface area contributed by atoms with E-state index in [1.807, 2.05) is 54.1 Å². The summed E-state index contributed by atoms with van der Waals surface area (Å²) in [5.74, 6) is -0.947. The molecule has 1 heterocycles. The van der Waals surface area contributed by atoms with Crippen LogP contribution in [-0.4, -0.2) is 15.6 Å². The van der Waals surface area contributed by atoms with Gasteiger partial charge < -0.3 is 9.67 Å². The van der Waals surface area contributed by atoms with Crippen LogP contribution in [0, 0.1) is 0 Å². The van der Waals surface area contributed by atoms with E-state index in [0.29, 0.717) is 10.7 Å². The average Bonchev–Trinajstić information content (AvgIpc) is 2.73.